The Labute approximate surface area is 215 Å². The number of halogens is 3. The van der Waals surface area contributed by atoms with E-state index in [0.29, 0.717) is 44.3 Å². The molecule has 2 amide bonds. The number of carbonyl (C=O) groups excluding carboxylic acids is 2. The molecule has 1 N–H and O–H groups in total. The van der Waals surface area contributed by atoms with Gasteiger partial charge < -0.3 is 15.0 Å². The second-order valence-electron chi connectivity index (χ2n) is 10.6. The normalized spacial score (nSPS) is 17.4. The maximum atomic E-state index is 13.4. The summed E-state index contributed by atoms with van der Waals surface area (Å²) < 4.78 is 44.8. The number of unbranched alkanes of at least 4 members (excludes halogenated alkanes) is 1. The van der Waals surface area contributed by atoms with Crippen LogP contribution in [0.2, 0.25) is 0 Å². The van der Waals surface area contributed by atoms with Crippen LogP contribution in [0.5, 0.6) is 0 Å². The molecule has 198 valence electrons. The Kier molecular flexibility index (Phi) is 7.67. The van der Waals surface area contributed by atoms with E-state index in [1.165, 1.54) is 28.8 Å². The van der Waals surface area contributed by atoms with Crippen LogP contribution in [-0.2, 0) is 22.1 Å². The smallest absolute Gasteiger partial charge is 0.416 e. The third-order valence-electron chi connectivity index (χ3n) is 6.72. The topological polar surface area (TPSA) is 58.6 Å². The fourth-order valence-corrected chi connectivity index (χ4v) is 5.11. The van der Waals surface area contributed by atoms with E-state index in [9.17, 15) is 22.8 Å². The van der Waals surface area contributed by atoms with Crippen LogP contribution in [0.3, 0.4) is 0 Å². The molecule has 1 aliphatic heterocycles. The molecule has 0 spiro atoms. The molecule has 5 nitrogen and oxygen atoms in total. The van der Waals surface area contributed by atoms with E-state index in [0.717, 1.165) is 24.1 Å². The summed E-state index contributed by atoms with van der Waals surface area (Å²) in [5.74, 6) is -0.0373. The zero-order valence-electron chi connectivity index (χ0n) is 21.5. The van der Waals surface area contributed by atoms with Gasteiger partial charge in [-0.05, 0) is 86.4 Å². The number of alkyl carbamates (subject to hydrolysis) is 1. The molecule has 4 rings (SSSR count). The molecule has 8 heteroatoms. The van der Waals surface area contributed by atoms with Crippen LogP contribution in [0.4, 0.5) is 18.0 Å². The lowest BCUT2D eigenvalue weighted by Crippen LogP contribution is -2.39. The summed E-state index contributed by atoms with van der Waals surface area (Å²) in [5.41, 5.74) is 4.06. The monoisotopic (exact) mass is 514 g/mol. The molecule has 1 aliphatic carbocycles. The molecule has 0 bridgehead atoms. The number of amides is 2. The standard InChI is InChI=1S/C29H33F3N2O3/c1-28(2,3)37-27(36)33-16-7-6-10-25(35)34-17-15-23-22-9-5-4-8-20(22)18-24(23)26(34)19-11-13-21(14-12-19)29(30,31)32/h4-5,8-9,11-14,26H,6-7,10,15-18H2,1-3H3,(H,33,36). The number of fused-ring (bicyclic) bond motifs is 2. The summed E-state index contributed by atoms with van der Waals surface area (Å²) in [6.45, 7) is 6.28. The fourth-order valence-electron chi connectivity index (χ4n) is 5.11. The minimum Gasteiger partial charge on any atom is -0.444 e. The molecule has 0 aromatic heterocycles. The molecule has 37 heavy (non-hydrogen) atoms. The highest BCUT2D eigenvalue weighted by molar-refractivity contribution is 5.83. The first kappa shape index (κ1) is 26.8. The summed E-state index contributed by atoms with van der Waals surface area (Å²) in [7, 11) is 0. The van der Waals surface area contributed by atoms with Gasteiger partial charge >= 0.3 is 12.3 Å². The van der Waals surface area contributed by atoms with Gasteiger partial charge in [-0.15, -0.1) is 0 Å². The summed E-state index contributed by atoms with van der Waals surface area (Å²) in [4.78, 5) is 27.0. The van der Waals surface area contributed by atoms with Gasteiger partial charge in [-0.1, -0.05) is 36.4 Å². The largest absolute Gasteiger partial charge is 0.444 e. The quantitative estimate of drug-likeness (QED) is 0.437. The number of nitrogens with zero attached hydrogens (tertiary/aromatic N) is 1. The Morgan fingerprint density at radius 3 is 2.41 bits per heavy atom. The number of rotatable bonds is 6. The highest BCUT2D eigenvalue weighted by Crippen LogP contribution is 2.47. The maximum absolute atomic E-state index is 13.4. The lowest BCUT2D eigenvalue weighted by molar-refractivity contribution is -0.137. The molecule has 1 heterocycles. The van der Waals surface area contributed by atoms with Gasteiger partial charge in [0.2, 0.25) is 5.91 Å². The van der Waals surface area contributed by atoms with E-state index in [1.54, 1.807) is 20.8 Å². The van der Waals surface area contributed by atoms with Crippen LogP contribution >= 0.6 is 0 Å². The number of hydrogen-bond donors (Lipinski definition) is 1. The second-order valence-corrected chi connectivity index (χ2v) is 10.6. The molecule has 0 fully saturated rings. The Morgan fingerprint density at radius 2 is 1.73 bits per heavy atom. The van der Waals surface area contributed by atoms with E-state index in [2.05, 4.69) is 17.4 Å². The van der Waals surface area contributed by atoms with Crippen LogP contribution < -0.4 is 5.32 Å². The van der Waals surface area contributed by atoms with E-state index in [1.807, 2.05) is 17.0 Å². The van der Waals surface area contributed by atoms with Crippen molar-refractivity contribution in [1.82, 2.24) is 10.2 Å². The predicted molar refractivity (Wildman–Crippen MR) is 136 cm³/mol. The summed E-state index contributed by atoms with van der Waals surface area (Å²) in [6, 6.07) is 12.9. The SMILES string of the molecule is CC(C)(C)OC(=O)NCCCCC(=O)N1CCC2=C(Cc3ccccc32)C1c1ccc(C(F)(F)F)cc1. The van der Waals surface area contributed by atoms with Crippen LogP contribution in [0.1, 0.15) is 74.8 Å². The highest BCUT2D eigenvalue weighted by Gasteiger charge is 2.38. The summed E-state index contributed by atoms with van der Waals surface area (Å²) in [5, 5.41) is 2.70. The van der Waals surface area contributed by atoms with E-state index in [-0.39, 0.29) is 5.91 Å². The van der Waals surface area contributed by atoms with Crippen LogP contribution in [0, 0.1) is 0 Å². The molecule has 1 atom stereocenters. The van der Waals surface area contributed by atoms with Gasteiger partial charge in [-0.2, -0.15) is 13.2 Å². The van der Waals surface area contributed by atoms with Crippen molar-refractivity contribution < 1.29 is 27.5 Å². The average molecular weight is 515 g/mol. The minimum atomic E-state index is -4.41. The van der Waals surface area contributed by atoms with Crippen LogP contribution in [0.25, 0.3) is 5.57 Å². The first-order chi connectivity index (χ1) is 17.4. The van der Waals surface area contributed by atoms with Crippen LogP contribution in [0.15, 0.2) is 54.1 Å². The number of ether oxygens (including phenoxy) is 1. The van der Waals surface area contributed by atoms with Crippen molar-refractivity contribution in [2.24, 2.45) is 0 Å². The minimum absolute atomic E-state index is 0.0373. The van der Waals surface area contributed by atoms with Gasteiger partial charge in [0.15, 0.2) is 0 Å². The lowest BCUT2D eigenvalue weighted by Gasteiger charge is -2.38. The average Bonchev–Trinajstić information content (AvgIpc) is 3.20. The number of carbonyl (C=O) groups is 2. The van der Waals surface area contributed by atoms with Gasteiger partial charge in [0, 0.05) is 19.5 Å². The number of nitrogens with one attached hydrogen (secondary N) is 1. The van der Waals surface area contributed by atoms with E-state index >= 15 is 0 Å². The number of hydrogen-bond acceptors (Lipinski definition) is 3. The third-order valence-corrected chi connectivity index (χ3v) is 6.72. The van der Waals surface area contributed by atoms with Gasteiger partial charge in [0.25, 0.3) is 0 Å². The fraction of sp³-hybridized carbons (Fsp3) is 0.448. The molecule has 0 saturated heterocycles. The maximum Gasteiger partial charge on any atom is 0.416 e. The zero-order valence-corrected chi connectivity index (χ0v) is 21.5. The zero-order chi connectivity index (χ0) is 26.8. The second kappa shape index (κ2) is 10.6. The third kappa shape index (κ3) is 6.35. The Bertz CT molecular complexity index is 1180. The first-order valence-electron chi connectivity index (χ1n) is 12.7. The van der Waals surface area contributed by atoms with Crippen molar-refractivity contribution >= 4 is 17.6 Å². The van der Waals surface area contributed by atoms with Crippen molar-refractivity contribution in [3.05, 3.63) is 76.4 Å². The van der Waals surface area contributed by atoms with Crippen LogP contribution in [-0.4, -0.2) is 35.6 Å². The molecular weight excluding hydrogens is 481 g/mol. The van der Waals surface area contributed by atoms with Gasteiger partial charge in [0.05, 0.1) is 11.6 Å². The molecule has 2 aromatic rings. The van der Waals surface area contributed by atoms with Gasteiger partial charge in [-0.3, -0.25) is 4.79 Å². The molecular formula is C29H33F3N2O3. The van der Waals surface area contributed by atoms with Crippen molar-refractivity contribution in [2.45, 2.75) is 70.7 Å². The van der Waals surface area contributed by atoms with Crippen molar-refractivity contribution in [3.63, 3.8) is 0 Å². The van der Waals surface area contributed by atoms with E-state index < -0.39 is 29.5 Å². The molecule has 1 unspecified atom stereocenters. The first-order valence-corrected chi connectivity index (χ1v) is 12.7. The van der Waals surface area contributed by atoms with Crippen molar-refractivity contribution in [1.29, 1.82) is 0 Å². The Hall–Kier alpha value is -3.29. The number of benzene rings is 2. The highest BCUT2D eigenvalue weighted by atomic mass is 19.4. The van der Waals surface area contributed by atoms with Gasteiger partial charge in [-0.25, -0.2) is 4.79 Å². The van der Waals surface area contributed by atoms with Crippen molar-refractivity contribution in [2.75, 3.05) is 13.1 Å². The Balaban J connectivity index is 1.47. The molecule has 0 radical (unpaired) electrons. The van der Waals surface area contributed by atoms with Crippen molar-refractivity contribution in [3.8, 4) is 0 Å². The summed E-state index contributed by atoms with van der Waals surface area (Å²) in [6.07, 6.45) is -2.02. The van der Waals surface area contributed by atoms with E-state index in [4.69, 9.17) is 4.74 Å². The summed E-state index contributed by atoms with van der Waals surface area (Å²) >= 11 is 0. The predicted octanol–water partition coefficient (Wildman–Crippen LogP) is 6.68. The lowest BCUT2D eigenvalue weighted by atomic mass is 9.87. The molecule has 0 saturated carbocycles. The molecule has 2 aromatic carbocycles. The molecule has 2 aliphatic rings. The number of alkyl halides is 3. The van der Waals surface area contributed by atoms with Gasteiger partial charge in [0.1, 0.15) is 5.60 Å². The Morgan fingerprint density at radius 1 is 1.03 bits per heavy atom.